The van der Waals surface area contributed by atoms with Crippen molar-refractivity contribution in [3.63, 3.8) is 0 Å². The van der Waals surface area contributed by atoms with Gasteiger partial charge in [-0.25, -0.2) is 8.42 Å². The van der Waals surface area contributed by atoms with Gasteiger partial charge >= 0.3 is 0 Å². The zero-order chi connectivity index (χ0) is 20.9. The smallest absolute Gasteiger partial charge is 0.243 e. The predicted octanol–water partition coefficient (Wildman–Crippen LogP) is 2.67. The standard InChI is InChI=1S/C21H35N3O3S/c1-6-17(4)19-7-9-20(10-8-19)28(26,27)24-13-11-23(12-14-24)15-21(25)22-18(5)16(2)3/h7-10,16-18H,6,11-15H2,1-5H3,(H,22,25). The lowest BCUT2D eigenvalue weighted by atomic mass is 9.99. The van der Waals surface area contributed by atoms with Crippen LogP contribution in [0.25, 0.3) is 0 Å². The van der Waals surface area contributed by atoms with Crippen molar-refractivity contribution in [1.29, 1.82) is 0 Å². The molecule has 6 nitrogen and oxygen atoms in total. The average Bonchev–Trinajstić information content (AvgIpc) is 2.67. The van der Waals surface area contributed by atoms with Gasteiger partial charge < -0.3 is 5.32 Å². The van der Waals surface area contributed by atoms with Crippen molar-refractivity contribution in [1.82, 2.24) is 14.5 Å². The van der Waals surface area contributed by atoms with Gasteiger partial charge in [0.25, 0.3) is 0 Å². The molecule has 0 aliphatic carbocycles. The maximum absolute atomic E-state index is 12.9. The summed E-state index contributed by atoms with van der Waals surface area (Å²) in [5, 5.41) is 3.00. The van der Waals surface area contributed by atoms with E-state index < -0.39 is 10.0 Å². The predicted molar refractivity (Wildman–Crippen MR) is 113 cm³/mol. The molecule has 7 heteroatoms. The molecular weight excluding hydrogens is 374 g/mol. The summed E-state index contributed by atoms with van der Waals surface area (Å²) in [4.78, 5) is 14.5. The third-order valence-corrected chi connectivity index (χ3v) is 7.70. The van der Waals surface area contributed by atoms with E-state index in [4.69, 9.17) is 0 Å². The Labute approximate surface area is 170 Å². The number of nitrogens with zero attached hydrogens (tertiary/aromatic N) is 2. The van der Waals surface area contributed by atoms with Crippen LogP contribution in [0.2, 0.25) is 0 Å². The molecule has 1 amide bonds. The van der Waals surface area contributed by atoms with Crippen molar-refractivity contribution in [3.8, 4) is 0 Å². The maximum atomic E-state index is 12.9. The Hall–Kier alpha value is -1.44. The molecule has 0 radical (unpaired) electrons. The highest BCUT2D eigenvalue weighted by Gasteiger charge is 2.29. The molecule has 0 spiro atoms. The zero-order valence-corrected chi connectivity index (χ0v) is 18.6. The molecule has 158 valence electrons. The van der Waals surface area contributed by atoms with Gasteiger partial charge in [-0.2, -0.15) is 4.31 Å². The van der Waals surface area contributed by atoms with Crippen molar-refractivity contribution in [2.24, 2.45) is 5.92 Å². The fourth-order valence-corrected chi connectivity index (χ4v) is 4.57. The highest BCUT2D eigenvalue weighted by molar-refractivity contribution is 7.89. The molecule has 1 aromatic carbocycles. The van der Waals surface area contributed by atoms with E-state index >= 15 is 0 Å². The van der Waals surface area contributed by atoms with Gasteiger partial charge in [-0.3, -0.25) is 9.69 Å². The molecule has 1 saturated heterocycles. The number of benzene rings is 1. The maximum Gasteiger partial charge on any atom is 0.243 e. The van der Waals surface area contributed by atoms with Gasteiger partial charge in [-0.1, -0.05) is 39.8 Å². The lowest BCUT2D eigenvalue weighted by Gasteiger charge is -2.33. The van der Waals surface area contributed by atoms with Crippen LogP contribution in [0, 0.1) is 5.92 Å². The number of rotatable bonds is 8. The molecule has 0 aromatic heterocycles. The first-order valence-corrected chi connectivity index (χ1v) is 11.7. The van der Waals surface area contributed by atoms with Gasteiger partial charge in [0.15, 0.2) is 0 Å². The van der Waals surface area contributed by atoms with E-state index in [0.29, 0.717) is 49.5 Å². The molecule has 0 saturated carbocycles. The molecule has 1 heterocycles. The molecule has 1 N–H and O–H groups in total. The van der Waals surface area contributed by atoms with Gasteiger partial charge in [-0.15, -0.1) is 0 Å². The van der Waals surface area contributed by atoms with E-state index in [2.05, 4.69) is 33.0 Å². The van der Waals surface area contributed by atoms with Crippen LogP contribution < -0.4 is 5.32 Å². The summed E-state index contributed by atoms with van der Waals surface area (Å²) in [5.41, 5.74) is 1.16. The SMILES string of the molecule is CCC(C)c1ccc(S(=O)(=O)N2CCN(CC(=O)NC(C)C(C)C)CC2)cc1. The zero-order valence-electron chi connectivity index (χ0n) is 17.8. The van der Waals surface area contributed by atoms with Crippen molar-refractivity contribution in [2.75, 3.05) is 32.7 Å². The summed E-state index contributed by atoms with van der Waals surface area (Å²) in [5.74, 6) is 0.806. The normalized spacial score (nSPS) is 18.8. The largest absolute Gasteiger partial charge is 0.352 e. The van der Waals surface area contributed by atoms with Crippen LogP contribution in [0.15, 0.2) is 29.2 Å². The van der Waals surface area contributed by atoms with E-state index in [0.717, 1.165) is 12.0 Å². The van der Waals surface area contributed by atoms with Crippen LogP contribution >= 0.6 is 0 Å². The lowest BCUT2D eigenvalue weighted by Crippen LogP contribution is -2.51. The first-order chi connectivity index (χ1) is 13.1. The Morgan fingerprint density at radius 2 is 1.61 bits per heavy atom. The van der Waals surface area contributed by atoms with Crippen molar-refractivity contribution in [3.05, 3.63) is 29.8 Å². The fraction of sp³-hybridized carbons (Fsp3) is 0.667. The van der Waals surface area contributed by atoms with Crippen molar-refractivity contribution >= 4 is 15.9 Å². The fourth-order valence-electron chi connectivity index (χ4n) is 3.15. The van der Waals surface area contributed by atoms with Crippen LogP contribution in [0.5, 0.6) is 0 Å². The van der Waals surface area contributed by atoms with Crippen molar-refractivity contribution < 1.29 is 13.2 Å². The number of hydrogen-bond acceptors (Lipinski definition) is 4. The molecule has 28 heavy (non-hydrogen) atoms. The number of nitrogens with one attached hydrogen (secondary N) is 1. The second-order valence-corrected chi connectivity index (χ2v) is 10.1. The minimum atomic E-state index is -3.49. The van der Waals surface area contributed by atoms with Crippen LogP contribution in [0.4, 0.5) is 0 Å². The molecular formula is C21H35N3O3S. The highest BCUT2D eigenvalue weighted by atomic mass is 32.2. The first-order valence-electron chi connectivity index (χ1n) is 10.3. The highest BCUT2D eigenvalue weighted by Crippen LogP contribution is 2.23. The molecule has 1 fully saturated rings. The molecule has 2 rings (SSSR count). The number of amides is 1. The third-order valence-electron chi connectivity index (χ3n) is 5.79. The number of carbonyl (C=O) groups is 1. The molecule has 2 unspecified atom stereocenters. The minimum absolute atomic E-state index is 0.00172. The van der Waals surface area contributed by atoms with E-state index in [1.807, 2.05) is 24.0 Å². The van der Waals surface area contributed by atoms with Gasteiger partial charge in [0.05, 0.1) is 11.4 Å². The summed E-state index contributed by atoms with van der Waals surface area (Å²) >= 11 is 0. The molecule has 1 aliphatic rings. The van der Waals surface area contributed by atoms with Crippen molar-refractivity contribution in [2.45, 2.75) is 57.9 Å². The Kier molecular flexibility index (Phi) is 8.04. The second kappa shape index (κ2) is 9.85. The molecule has 2 atom stereocenters. The third kappa shape index (κ3) is 5.78. The Balaban J connectivity index is 1.92. The number of hydrogen-bond donors (Lipinski definition) is 1. The van der Waals surface area contributed by atoms with E-state index in [-0.39, 0.29) is 11.9 Å². The van der Waals surface area contributed by atoms with E-state index in [1.165, 1.54) is 4.31 Å². The quantitative estimate of drug-likeness (QED) is 0.717. The number of piperazine rings is 1. The Morgan fingerprint density at radius 3 is 2.11 bits per heavy atom. The number of sulfonamides is 1. The summed E-state index contributed by atoms with van der Waals surface area (Å²) in [6.45, 7) is 12.7. The average molecular weight is 410 g/mol. The molecule has 1 aromatic rings. The van der Waals surface area contributed by atoms with Crippen LogP contribution in [-0.4, -0.2) is 62.3 Å². The van der Waals surface area contributed by atoms with Gasteiger partial charge in [0.1, 0.15) is 0 Å². The minimum Gasteiger partial charge on any atom is -0.352 e. The summed E-state index contributed by atoms with van der Waals surface area (Å²) < 4.78 is 27.4. The van der Waals surface area contributed by atoms with Crippen LogP contribution in [0.1, 0.15) is 52.5 Å². The summed E-state index contributed by atoms with van der Waals surface area (Å²) in [7, 11) is -3.49. The van der Waals surface area contributed by atoms with Gasteiger partial charge in [-0.05, 0) is 42.9 Å². The lowest BCUT2D eigenvalue weighted by molar-refractivity contribution is -0.123. The molecule has 1 aliphatic heterocycles. The monoisotopic (exact) mass is 409 g/mol. The van der Waals surface area contributed by atoms with Crippen LogP contribution in [0.3, 0.4) is 0 Å². The van der Waals surface area contributed by atoms with Crippen LogP contribution in [-0.2, 0) is 14.8 Å². The summed E-state index contributed by atoms with van der Waals surface area (Å²) in [6, 6.07) is 7.38. The molecule has 0 bridgehead atoms. The first kappa shape index (κ1) is 22.8. The number of carbonyl (C=O) groups excluding carboxylic acids is 1. The van der Waals surface area contributed by atoms with Gasteiger partial charge in [0, 0.05) is 32.2 Å². The van der Waals surface area contributed by atoms with E-state index in [9.17, 15) is 13.2 Å². The second-order valence-electron chi connectivity index (χ2n) is 8.16. The van der Waals surface area contributed by atoms with E-state index in [1.54, 1.807) is 12.1 Å². The van der Waals surface area contributed by atoms with Gasteiger partial charge in [0.2, 0.25) is 15.9 Å². The Bertz CT molecular complexity index is 739. The Morgan fingerprint density at radius 1 is 1.04 bits per heavy atom. The topological polar surface area (TPSA) is 69.7 Å². The summed E-state index contributed by atoms with van der Waals surface area (Å²) in [6.07, 6.45) is 1.03.